The van der Waals surface area contributed by atoms with Gasteiger partial charge in [0, 0.05) is 24.8 Å². The highest BCUT2D eigenvalue weighted by Gasteiger charge is 2.43. The van der Waals surface area contributed by atoms with Crippen LogP contribution in [-0.2, 0) is 4.74 Å². The van der Waals surface area contributed by atoms with Gasteiger partial charge < -0.3 is 15.4 Å². The number of carbonyl (C=O) groups excluding carboxylic acids is 1. The normalized spacial score (nSPS) is 26.9. The number of nitrogens with zero attached hydrogens (tertiary/aromatic N) is 2. The van der Waals surface area contributed by atoms with Crippen LogP contribution in [0.3, 0.4) is 0 Å². The second kappa shape index (κ2) is 5.46. The molecule has 2 N–H and O–H groups in total. The Balaban J connectivity index is 1.67. The molecule has 6 heteroatoms. The van der Waals surface area contributed by atoms with Crippen molar-refractivity contribution in [3.05, 3.63) is 23.3 Å². The number of rotatable bonds is 2. The number of methoxy groups -OCH3 is 1. The molecule has 2 aliphatic rings. The summed E-state index contributed by atoms with van der Waals surface area (Å²) in [6.07, 6.45) is 4.37. The summed E-state index contributed by atoms with van der Waals surface area (Å²) in [7, 11) is 1.77. The summed E-state index contributed by atoms with van der Waals surface area (Å²) in [4.78, 5) is 19.5. The zero-order chi connectivity index (χ0) is 16.1. The van der Waals surface area contributed by atoms with E-state index in [0.717, 1.165) is 47.0 Å². The van der Waals surface area contributed by atoms with Gasteiger partial charge in [0.1, 0.15) is 0 Å². The number of hydrogen-bond donors (Lipinski definition) is 1. The Morgan fingerprint density at radius 2 is 2.04 bits per heavy atom. The molecule has 0 aliphatic carbocycles. The third kappa shape index (κ3) is 2.40. The topological polar surface area (TPSA) is 68.5 Å². The van der Waals surface area contributed by atoms with Crippen molar-refractivity contribution in [3.63, 3.8) is 0 Å². The van der Waals surface area contributed by atoms with Crippen molar-refractivity contribution < 1.29 is 9.53 Å². The molecule has 0 spiro atoms. The van der Waals surface area contributed by atoms with Crippen molar-refractivity contribution in [2.24, 2.45) is 0 Å². The van der Waals surface area contributed by atoms with Gasteiger partial charge in [0.15, 0.2) is 5.13 Å². The number of amides is 1. The summed E-state index contributed by atoms with van der Waals surface area (Å²) in [6.45, 7) is 1.99. The van der Waals surface area contributed by atoms with E-state index < -0.39 is 0 Å². The van der Waals surface area contributed by atoms with Gasteiger partial charge in [-0.05, 0) is 50.3 Å². The molecule has 4 rings (SSSR count). The average molecular weight is 331 g/mol. The summed E-state index contributed by atoms with van der Waals surface area (Å²) >= 11 is 1.44. The molecular weight excluding hydrogens is 310 g/mol. The second-order valence-corrected chi connectivity index (χ2v) is 7.68. The van der Waals surface area contributed by atoms with Gasteiger partial charge in [0.05, 0.1) is 16.3 Å². The maximum Gasteiger partial charge on any atom is 0.254 e. The summed E-state index contributed by atoms with van der Waals surface area (Å²) in [6, 6.07) is 4.52. The number of benzene rings is 1. The van der Waals surface area contributed by atoms with Crippen LogP contribution in [0.2, 0.25) is 0 Å². The SMILES string of the molecule is COC1C[C@H]2CC[C@@H](C1)N2C(=O)c1cc(C)c2nc(N)sc2c1. The molecule has 1 unspecified atom stereocenters. The Morgan fingerprint density at radius 3 is 2.70 bits per heavy atom. The van der Waals surface area contributed by atoms with Crippen LogP contribution in [0.15, 0.2) is 12.1 Å². The van der Waals surface area contributed by atoms with Crippen LogP contribution in [0.5, 0.6) is 0 Å². The summed E-state index contributed by atoms with van der Waals surface area (Å²) in [5, 5.41) is 0.550. The maximum atomic E-state index is 13.1. The number of carbonyl (C=O) groups is 1. The molecule has 23 heavy (non-hydrogen) atoms. The molecule has 122 valence electrons. The minimum absolute atomic E-state index is 0.143. The van der Waals surface area contributed by atoms with Crippen LogP contribution < -0.4 is 5.73 Å². The Kier molecular flexibility index (Phi) is 3.54. The van der Waals surface area contributed by atoms with Gasteiger partial charge >= 0.3 is 0 Å². The lowest BCUT2D eigenvalue weighted by atomic mass is 9.98. The third-order valence-corrected chi connectivity index (χ3v) is 6.04. The largest absolute Gasteiger partial charge is 0.381 e. The van der Waals surface area contributed by atoms with Crippen molar-refractivity contribution in [1.29, 1.82) is 0 Å². The van der Waals surface area contributed by atoms with E-state index in [1.165, 1.54) is 11.3 Å². The van der Waals surface area contributed by atoms with Crippen LogP contribution in [0, 0.1) is 6.92 Å². The van der Waals surface area contributed by atoms with E-state index in [9.17, 15) is 4.79 Å². The van der Waals surface area contributed by atoms with Crippen LogP contribution >= 0.6 is 11.3 Å². The van der Waals surface area contributed by atoms with Gasteiger partial charge in [0.2, 0.25) is 0 Å². The van der Waals surface area contributed by atoms with E-state index in [-0.39, 0.29) is 5.91 Å². The summed E-state index contributed by atoms with van der Waals surface area (Å²) in [5.41, 5.74) is 8.49. The molecule has 2 saturated heterocycles. The molecule has 1 aromatic carbocycles. The minimum atomic E-state index is 0.143. The maximum absolute atomic E-state index is 13.1. The van der Waals surface area contributed by atoms with E-state index in [4.69, 9.17) is 10.5 Å². The molecular formula is C17H21N3O2S. The number of hydrogen-bond acceptors (Lipinski definition) is 5. The molecule has 1 aromatic heterocycles. The first-order valence-electron chi connectivity index (χ1n) is 8.09. The highest BCUT2D eigenvalue weighted by atomic mass is 32.1. The highest BCUT2D eigenvalue weighted by Crippen LogP contribution is 2.38. The first-order valence-corrected chi connectivity index (χ1v) is 8.90. The zero-order valence-corrected chi connectivity index (χ0v) is 14.2. The van der Waals surface area contributed by atoms with Crippen LogP contribution in [0.25, 0.3) is 10.2 Å². The van der Waals surface area contributed by atoms with Crippen molar-refractivity contribution in [2.45, 2.75) is 50.8 Å². The zero-order valence-electron chi connectivity index (χ0n) is 13.4. The van der Waals surface area contributed by atoms with Crippen molar-refractivity contribution >= 4 is 32.6 Å². The molecule has 2 bridgehead atoms. The Morgan fingerprint density at radius 1 is 1.35 bits per heavy atom. The number of aryl methyl sites for hydroxylation is 1. The summed E-state index contributed by atoms with van der Waals surface area (Å²) in [5.74, 6) is 0.143. The van der Waals surface area contributed by atoms with E-state index >= 15 is 0 Å². The molecule has 2 fully saturated rings. The Hall–Kier alpha value is -1.66. The lowest BCUT2D eigenvalue weighted by Crippen LogP contribution is -2.48. The monoisotopic (exact) mass is 331 g/mol. The molecule has 3 heterocycles. The van der Waals surface area contributed by atoms with Gasteiger partial charge in [-0.2, -0.15) is 0 Å². The van der Waals surface area contributed by atoms with Crippen molar-refractivity contribution in [2.75, 3.05) is 12.8 Å². The quantitative estimate of drug-likeness (QED) is 0.918. The number of anilines is 1. The Bertz CT molecular complexity index is 759. The number of nitrogen functional groups attached to an aromatic ring is 1. The molecule has 2 aliphatic heterocycles. The van der Waals surface area contributed by atoms with E-state index in [1.54, 1.807) is 7.11 Å². The van der Waals surface area contributed by atoms with Crippen molar-refractivity contribution in [3.8, 4) is 0 Å². The molecule has 0 saturated carbocycles. The standard InChI is InChI=1S/C17H21N3O2S/c1-9-5-10(6-14-15(9)19-17(18)23-14)16(21)20-11-3-4-12(20)8-13(7-11)22-2/h5-6,11-13H,3-4,7-8H2,1-2H3,(H2,18,19)/t11-,12+,13?. The number of nitrogens with two attached hydrogens (primary N) is 1. The van der Waals surface area contributed by atoms with Gasteiger partial charge in [-0.3, -0.25) is 4.79 Å². The van der Waals surface area contributed by atoms with Crippen LogP contribution in [0.4, 0.5) is 5.13 Å². The minimum Gasteiger partial charge on any atom is -0.381 e. The first-order chi connectivity index (χ1) is 11.1. The smallest absolute Gasteiger partial charge is 0.254 e. The van der Waals surface area contributed by atoms with Gasteiger partial charge in [0.25, 0.3) is 5.91 Å². The predicted molar refractivity (Wildman–Crippen MR) is 91.8 cm³/mol. The predicted octanol–water partition coefficient (Wildman–Crippen LogP) is 2.97. The van der Waals surface area contributed by atoms with E-state index in [1.807, 2.05) is 19.1 Å². The molecule has 0 radical (unpaired) electrons. The average Bonchev–Trinajstić information content (AvgIpc) is 3.03. The second-order valence-electron chi connectivity index (χ2n) is 6.62. The lowest BCUT2D eigenvalue weighted by Gasteiger charge is -2.38. The van der Waals surface area contributed by atoms with Gasteiger partial charge in [-0.1, -0.05) is 11.3 Å². The number of aromatic nitrogens is 1. The molecule has 5 nitrogen and oxygen atoms in total. The van der Waals surface area contributed by atoms with Crippen LogP contribution in [-0.4, -0.2) is 41.1 Å². The van der Waals surface area contributed by atoms with Gasteiger partial charge in [-0.15, -0.1) is 0 Å². The third-order valence-electron chi connectivity index (χ3n) is 5.21. The van der Waals surface area contributed by atoms with E-state index in [0.29, 0.717) is 23.3 Å². The first kappa shape index (κ1) is 14.9. The number of piperidine rings is 1. The fourth-order valence-electron chi connectivity index (χ4n) is 4.14. The van der Waals surface area contributed by atoms with Crippen molar-refractivity contribution in [1.82, 2.24) is 9.88 Å². The van der Waals surface area contributed by atoms with E-state index in [2.05, 4.69) is 9.88 Å². The fraction of sp³-hybridized carbons (Fsp3) is 0.529. The Labute approximate surface area is 139 Å². The molecule has 2 aromatic rings. The molecule has 3 atom stereocenters. The highest BCUT2D eigenvalue weighted by molar-refractivity contribution is 7.22. The molecule has 1 amide bonds. The number of fused-ring (bicyclic) bond motifs is 3. The van der Waals surface area contributed by atoms with Crippen LogP contribution in [0.1, 0.15) is 41.6 Å². The fourth-order valence-corrected chi connectivity index (χ4v) is 4.99. The van der Waals surface area contributed by atoms with Gasteiger partial charge in [-0.25, -0.2) is 4.98 Å². The lowest BCUT2D eigenvalue weighted by molar-refractivity contribution is 0.00823. The number of ether oxygens (including phenoxy) is 1. The summed E-state index contributed by atoms with van der Waals surface area (Å²) < 4.78 is 6.52. The number of thiazole rings is 1.